The van der Waals surface area contributed by atoms with Crippen molar-refractivity contribution >= 4 is 46.1 Å². The van der Waals surface area contributed by atoms with E-state index < -0.39 is 17.9 Å². The number of pyridine rings is 2. The molecule has 1 amide bonds. The summed E-state index contributed by atoms with van der Waals surface area (Å²) in [6, 6.07) is 10.7. The Balaban J connectivity index is 1.56. The van der Waals surface area contributed by atoms with Gasteiger partial charge in [0.05, 0.1) is 22.7 Å². The number of carbonyl (C=O) groups is 2. The SMILES string of the molecule is COC(=O)[C@H](Cc1ccc(-n2cc(C)c3cccnc32)cc1)NC(=O)c1c(Cl)cncc1Cl. The summed E-state index contributed by atoms with van der Waals surface area (Å²) in [4.78, 5) is 33.4. The highest BCUT2D eigenvalue weighted by molar-refractivity contribution is 6.39. The number of aryl methyl sites for hydroxylation is 1. The van der Waals surface area contributed by atoms with E-state index in [9.17, 15) is 9.59 Å². The minimum atomic E-state index is -0.926. The zero-order chi connectivity index (χ0) is 23.5. The van der Waals surface area contributed by atoms with Gasteiger partial charge < -0.3 is 14.6 Å². The van der Waals surface area contributed by atoms with Crippen molar-refractivity contribution < 1.29 is 14.3 Å². The molecule has 0 fully saturated rings. The van der Waals surface area contributed by atoms with Gasteiger partial charge in [-0.3, -0.25) is 9.78 Å². The standard InChI is InChI=1S/C24H20Cl2N4O3/c1-14-13-30(22-17(14)4-3-9-28-22)16-7-5-15(6-8-16)10-20(24(32)33-2)29-23(31)21-18(25)11-27-12-19(21)26/h3-9,11-13,20H,10H2,1-2H3,(H,29,31)/t20-/m0/s1. The maximum atomic E-state index is 12.7. The number of fused-ring (bicyclic) bond motifs is 1. The van der Waals surface area contributed by atoms with Gasteiger partial charge in [-0.15, -0.1) is 0 Å². The van der Waals surface area contributed by atoms with Crippen LogP contribution in [0.3, 0.4) is 0 Å². The van der Waals surface area contributed by atoms with Gasteiger partial charge in [-0.1, -0.05) is 35.3 Å². The second-order valence-electron chi connectivity index (χ2n) is 7.45. The molecule has 33 heavy (non-hydrogen) atoms. The predicted molar refractivity (Wildman–Crippen MR) is 127 cm³/mol. The van der Waals surface area contributed by atoms with Gasteiger partial charge in [-0.05, 0) is 42.3 Å². The van der Waals surface area contributed by atoms with E-state index in [0.29, 0.717) is 0 Å². The molecule has 3 heterocycles. The van der Waals surface area contributed by atoms with Gasteiger partial charge in [0.25, 0.3) is 5.91 Å². The zero-order valence-electron chi connectivity index (χ0n) is 17.9. The Hall–Kier alpha value is -3.42. The van der Waals surface area contributed by atoms with Crippen LogP contribution in [0.25, 0.3) is 16.7 Å². The lowest BCUT2D eigenvalue weighted by Gasteiger charge is -2.18. The van der Waals surface area contributed by atoms with E-state index in [4.69, 9.17) is 27.9 Å². The van der Waals surface area contributed by atoms with Crippen LogP contribution >= 0.6 is 23.2 Å². The first kappa shape index (κ1) is 22.8. The van der Waals surface area contributed by atoms with Gasteiger partial charge in [0.2, 0.25) is 0 Å². The Bertz CT molecular complexity index is 1320. The summed E-state index contributed by atoms with van der Waals surface area (Å²) in [6.07, 6.45) is 6.65. The lowest BCUT2D eigenvalue weighted by Crippen LogP contribution is -2.43. The number of methoxy groups -OCH3 is 1. The van der Waals surface area contributed by atoms with Gasteiger partial charge >= 0.3 is 5.97 Å². The minimum absolute atomic E-state index is 0.0555. The van der Waals surface area contributed by atoms with Crippen molar-refractivity contribution in [1.29, 1.82) is 0 Å². The summed E-state index contributed by atoms with van der Waals surface area (Å²) < 4.78 is 6.90. The topological polar surface area (TPSA) is 86.1 Å². The number of rotatable bonds is 6. The van der Waals surface area contributed by atoms with Crippen molar-refractivity contribution in [1.82, 2.24) is 19.9 Å². The third-order valence-corrected chi connectivity index (χ3v) is 5.86. The van der Waals surface area contributed by atoms with Crippen molar-refractivity contribution in [2.75, 3.05) is 7.11 Å². The average molecular weight is 483 g/mol. The van der Waals surface area contributed by atoms with Crippen LogP contribution in [0.5, 0.6) is 0 Å². The minimum Gasteiger partial charge on any atom is -0.467 e. The first-order valence-corrected chi connectivity index (χ1v) is 10.8. The largest absolute Gasteiger partial charge is 0.467 e. The van der Waals surface area contributed by atoms with Crippen LogP contribution in [-0.4, -0.2) is 39.6 Å². The normalized spacial score (nSPS) is 11.9. The molecule has 4 rings (SSSR count). The Morgan fingerprint density at radius 1 is 1.12 bits per heavy atom. The van der Waals surface area contributed by atoms with Crippen molar-refractivity contribution in [3.63, 3.8) is 0 Å². The van der Waals surface area contributed by atoms with Gasteiger partial charge in [0.15, 0.2) is 0 Å². The lowest BCUT2D eigenvalue weighted by molar-refractivity contribution is -0.142. The van der Waals surface area contributed by atoms with E-state index in [-0.39, 0.29) is 22.0 Å². The quantitative estimate of drug-likeness (QED) is 0.407. The number of benzene rings is 1. The van der Waals surface area contributed by atoms with Crippen molar-refractivity contribution in [3.8, 4) is 5.69 Å². The van der Waals surface area contributed by atoms with Crippen molar-refractivity contribution in [2.45, 2.75) is 19.4 Å². The molecule has 0 bridgehead atoms. The fourth-order valence-corrected chi connectivity index (χ4v) is 4.18. The lowest BCUT2D eigenvalue weighted by atomic mass is 10.0. The maximum Gasteiger partial charge on any atom is 0.328 e. The summed E-state index contributed by atoms with van der Waals surface area (Å²) >= 11 is 12.1. The molecule has 1 N–H and O–H groups in total. The Kier molecular flexibility index (Phi) is 6.62. The highest BCUT2D eigenvalue weighted by Gasteiger charge is 2.25. The molecule has 3 aromatic heterocycles. The van der Waals surface area contributed by atoms with E-state index in [1.54, 1.807) is 6.20 Å². The summed E-state index contributed by atoms with van der Waals surface area (Å²) in [5.74, 6) is -1.16. The molecule has 0 spiro atoms. The number of esters is 1. The molecular weight excluding hydrogens is 463 g/mol. The number of hydrogen-bond acceptors (Lipinski definition) is 5. The van der Waals surface area contributed by atoms with Crippen LogP contribution < -0.4 is 5.32 Å². The molecule has 1 aromatic carbocycles. The first-order chi connectivity index (χ1) is 15.9. The second-order valence-corrected chi connectivity index (χ2v) is 8.27. The Morgan fingerprint density at radius 2 is 1.82 bits per heavy atom. The summed E-state index contributed by atoms with van der Waals surface area (Å²) in [5.41, 5.74) is 3.82. The molecule has 0 unspecified atom stereocenters. The van der Waals surface area contributed by atoms with E-state index in [1.807, 2.05) is 54.1 Å². The van der Waals surface area contributed by atoms with Crippen LogP contribution in [-0.2, 0) is 16.0 Å². The molecule has 0 aliphatic carbocycles. The van der Waals surface area contributed by atoms with Crippen LogP contribution in [0.4, 0.5) is 0 Å². The number of amides is 1. The third kappa shape index (κ3) is 4.69. The van der Waals surface area contributed by atoms with Gasteiger partial charge in [-0.25, -0.2) is 9.78 Å². The van der Waals surface area contributed by atoms with Crippen molar-refractivity contribution in [3.05, 3.63) is 87.9 Å². The molecule has 0 saturated carbocycles. The molecule has 0 aliphatic heterocycles. The van der Waals surface area contributed by atoms with E-state index in [1.165, 1.54) is 19.5 Å². The third-order valence-electron chi connectivity index (χ3n) is 5.29. The van der Waals surface area contributed by atoms with Crippen molar-refractivity contribution in [2.24, 2.45) is 0 Å². The number of carbonyl (C=O) groups excluding carboxylic acids is 2. The molecule has 0 saturated heterocycles. The maximum absolute atomic E-state index is 12.7. The molecule has 0 aliphatic rings. The number of ether oxygens (including phenoxy) is 1. The molecule has 1 atom stereocenters. The van der Waals surface area contributed by atoms with Gasteiger partial charge in [0.1, 0.15) is 11.7 Å². The summed E-state index contributed by atoms with van der Waals surface area (Å²) in [7, 11) is 1.27. The van der Waals surface area contributed by atoms with Gasteiger partial charge in [0, 0.05) is 42.3 Å². The van der Waals surface area contributed by atoms with Crippen LogP contribution in [0.1, 0.15) is 21.5 Å². The fraction of sp³-hybridized carbons (Fsp3) is 0.167. The van der Waals surface area contributed by atoms with Crippen LogP contribution in [0, 0.1) is 6.92 Å². The van der Waals surface area contributed by atoms with E-state index in [0.717, 1.165) is 27.8 Å². The molecule has 168 valence electrons. The Morgan fingerprint density at radius 3 is 2.48 bits per heavy atom. The number of halogens is 2. The highest BCUT2D eigenvalue weighted by Crippen LogP contribution is 2.24. The predicted octanol–water partition coefficient (Wildman–Crippen LogP) is 4.55. The first-order valence-electron chi connectivity index (χ1n) is 10.1. The van der Waals surface area contributed by atoms with Crippen LogP contribution in [0.2, 0.25) is 10.0 Å². The molecule has 7 nitrogen and oxygen atoms in total. The Labute approximate surface area is 200 Å². The number of hydrogen-bond donors (Lipinski definition) is 1. The molecule has 4 aromatic rings. The second kappa shape index (κ2) is 9.60. The van der Waals surface area contributed by atoms with E-state index in [2.05, 4.69) is 15.3 Å². The molecular formula is C24H20Cl2N4O3. The molecule has 9 heteroatoms. The van der Waals surface area contributed by atoms with Gasteiger partial charge in [-0.2, -0.15) is 0 Å². The fourth-order valence-electron chi connectivity index (χ4n) is 3.64. The summed E-state index contributed by atoms with van der Waals surface area (Å²) in [6.45, 7) is 2.04. The van der Waals surface area contributed by atoms with Crippen LogP contribution in [0.15, 0.2) is 61.2 Å². The monoisotopic (exact) mass is 482 g/mol. The highest BCUT2D eigenvalue weighted by atomic mass is 35.5. The summed E-state index contributed by atoms with van der Waals surface area (Å²) in [5, 5.41) is 3.94. The number of nitrogens with one attached hydrogen (secondary N) is 1. The smallest absolute Gasteiger partial charge is 0.328 e. The van der Waals surface area contributed by atoms with E-state index >= 15 is 0 Å². The average Bonchev–Trinajstić information content (AvgIpc) is 3.15. The molecule has 0 radical (unpaired) electrons. The number of aromatic nitrogens is 3. The number of nitrogens with zero attached hydrogens (tertiary/aromatic N) is 3. The zero-order valence-corrected chi connectivity index (χ0v) is 19.4.